The summed E-state index contributed by atoms with van der Waals surface area (Å²) in [5, 5.41) is 6.41. The van der Waals surface area contributed by atoms with E-state index in [1.807, 2.05) is 0 Å². The first-order chi connectivity index (χ1) is 10.1. The molecular formula is C15H27N3O3. The Morgan fingerprint density at radius 2 is 2.10 bits per heavy atom. The predicted molar refractivity (Wildman–Crippen MR) is 79.8 cm³/mol. The van der Waals surface area contributed by atoms with E-state index in [0.29, 0.717) is 19.7 Å². The molecule has 0 saturated carbocycles. The minimum Gasteiger partial charge on any atom is -0.384 e. The molecule has 1 atom stereocenters. The van der Waals surface area contributed by atoms with Crippen molar-refractivity contribution in [3.05, 3.63) is 0 Å². The zero-order chi connectivity index (χ0) is 15.3. The Kier molecular flexibility index (Phi) is 5.58. The largest absolute Gasteiger partial charge is 0.384 e. The van der Waals surface area contributed by atoms with Gasteiger partial charge in [0.1, 0.15) is 6.04 Å². The lowest BCUT2D eigenvalue weighted by molar-refractivity contribution is -0.137. The van der Waals surface area contributed by atoms with Crippen LogP contribution in [0.25, 0.3) is 0 Å². The maximum absolute atomic E-state index is 12.4. The van der Waals surface area contributed by atoms with Gasteiger partial charge in [0, 0.05) is 32.5 Å². The molecule has 6 nitrogen and oxygen atoms in total. The highest BCUT2D eigenvalue weighted by molar-refractivity contribution is 5.87. The van der Waals surface area contributed by atoms with Gasteiger partial charge in [-0.25, -0.2) is 0 Å². The molecule has 2 fully saturated rings. The lowest BCUT2D eigenvalue weighted by atomic mass is 9.79. The molecule has 2 amide bonds. The Labute approximate surface area is 126 Å². The molecule has 0 spiro atoms. The maximum Gasteiger partial charge on any atom is 0.242 e. The number of likely N-dealkylation sites (tertiary alicyclic amines) is 1. The first-order valence-corrected chi connectivity index (χ1v) is 7.83. The van der Waals surface area contributed by atoms with E-state index in [-0.39, 0.29) is 23.3 Å². The number of hydrogen-bond donors (Lipinski definition) is 2. The van der Waals surface area contributed by atoms with Gasteiger partial charge in [-0.2, -0.15) is 0 Å². The van der Waals surface area contributed by atoms with Crippen LogP contribution in [0.2, 0.25) is 0 Å². The van der Waals surface area contributed by atoms with Crippen molar-refractivity contribution in [1.82, 2.24) is 15.5 Å². The zero-order valence-corrected chi connectivity index (χ0v) is 13.1. The van der Waals surface area contributed by atoms with Crippen LogP contribution in [0.3, 0.4) is 0 Å². The van der Waals surface area contributed by atoms with Crippen LogP contribution in [-0.4, -0.2) is 62.7 Å². The monoisotopic (exact) mass is 297 g/mol. The minimum absolute atomic E-state index is 0.0129. The molecule has 6 heteroatoms. The van der Waals surface area contributed by atoms with Crippen LogP contribution in [0, 0.1) is 5.41 Å². The first-order valence-electron chi connectivity index (χ1n) is 7.83. The molecule has 0 aromatic carbocycles. The van der Waals surface area contributed by atoms with Crippen molar-refractivity contribution in [2.45, 2.75) is 38.6 Å². The number of nitrogens with zero attached hydrogens (tertiary/aromatic N) is 1. The van der Waals surface area contributed by atoms with E-state index in [1.54, 1.807) is 12.0 Å². The molecule has 0 aromatic heterocycles. The van der Waals surface area contributed by atoms with Crippen LogP contribution in [-0.2, 0) is 14.3 Å². The summed E-state index contributed by atoms with van der Waals surface area (Å²) in [5.74, 6) is -0.0298. The molecule has 2 saturated heterocycles. The van der Waals surface area contributed by atoms with Gasteiger partial charge >= 0.3 is 0 Å². The molecule has 2 heterocycles. The Hall–Kier alpha value is -1.14. The predicted octanol–water partition coefficient (Wildman–Crippen LogP) is 0.130. The van der Waals surface area contributed by atoms with Gasteiger partial charge in [0.15, 0.2) is 0 Å². The third-order valence-electron chi connectivity index (χ3n) is 4.71. The molecule has 1 unspecified atom stereocenters. The van der Waals surface area contributed by atoms with E-state index in [1.165, 1.54) is 6.92 Å². The van der Waals surface area contributed by atoms with Crippen molar-refractivity contribution in [1.29, 1.82) is 0 Å². The van der Waals surface area contributed by atoms with Crippen molar-refractivity contribution in [2.75, 3.05) is 39.9 Å². The van der Waals surface area contributed by atoms with Crippen LogP contribution < -0.4 is 10.6 Å². The van der Waals surface area contributed by atoms with E-state index in [4.69, 9.17) is 4.74 Å². The van der Waals surface area contributed by atoms with Gasteiger partial charge in [-0.05, 0) is 38.8 Å². The van der Waals surface area contributed by atoms with Crippen LogP contribution in [0.4, 0.5) is 0 Å². The quantitative estimate of drug-likeness (QED) is 0.757. The summed E-state index contributed by atoms with van der Waals surface area (Å²) in [6, 6.07) is -0.288. The summed E-state index contributed by atoms with van der Waals surface area (Å²) < 4.78 is 5.36. The number of piperidine rings is 1. The summed E-state index contributed by atoms with van der Waals surface area (Å²) in [6.45, 7) is 5.44. The molecule has 0 aliphatic carbocycles. The van der Waals surface area contributed by atoms with Gasteiger partial charge in [0.05, 0.1) is 6.61 Å². The topological polar surface area (TPSA) is 70.7 Å². The highest BCUT2D eigenvalue weighted by Crippen LogP contribution is 2.28. The maximum atomic E-state index is 12.4. The van der Waals surface area contributed by atoms with E-state index in [9.17, 15) is 9.59 Å². The summed E-state index contributed by atoms with van der Waals surface area (Å²) in [5.41, 5.74) is 0.0231. The molecule has 2 aliphatic rings. The molecule has 0 radical (unpaired) electrons. The second-order valence-corrected chi connectivity index (χ2v) is 6.27. The van der Waals surface area contributed by atoms with Crippen molar-refractivity contribution >= 4 is 11.8 Å². The standard InChI is InChI=1S/C15H27N3O3/c1-12(19)18-9-3-4-13(18)14(20)17-10-15(11-21-2)5-7-16-8-6-15/h13,16H,3-11H2,1-2H3,(H,17,20). The molecule has 2 rings (SSSR count). The fraction of sp³-hybridized carbons (Fsp3) is 0.867. The Bertz CT molecular complexity index is 375. The second kappa shape index (κ2) is 7.22. The summed E-state index contributed by atoms with van der Waals surface area (Å²) in [7, 11) is 1.71. The van der Waals surface area contributed by atoms with Crippen LogP contribution in [0.5, 0.6) is 0 Å². The number of nitrogens with one attached hydrogen (secondary N) is 2. The van der Waals surface area contributed by atoms with Crippen molar-refractivity contribution in [2.24, 2.45) is 5.41 Å². The number of methoxy groups -OCH3 is 1. The molecule has 21 heavy (non-hydrogen) atoms. The smallest absolute Gasteiger partial charge is 0.242 e. The zero-order valence-electron chi connectivity index (χ0n) is 13.1. The second-order valence-electron chi connectivity index (χ2n) is 6.27. The summed E-state index contributed by atoms with van der Waals surface area (Å²) in [6.07, 6.45) is 3.68. The Morgan fingerprint density at radius 3 is 2.71 bits per heavy atom. The lowest BCUT2D eigenvalue weighted by Gasteiger charge is -2.37. The molecule has 0 bridgehead atoms. The number of carbonyl (C=O) groups is 2. The highest BCUT2D eigenvalue weighted by Gasteiger charge is 2.36. The Balaban J connectivity index is 1.91. The molecule has 120 valence electrons. The lowest BCUT2D eigenvalue weighted by Crippen LogP contribution is -2.51. The fourth-order valence-corrected chi connectivity index (χ4v) is 3.44. The minimum atomic E-state index is -0.288. The summed E-state index contributed by atoms with van der Waals surface area (Å²) >= 11 is 0. The summed E-state index contributed by atoms with van der Waals surface area (Å²) in [4.78, 5) is 25.6. The number of amides is 2. The third kappa shape index (κ3) is 3.95. The third-order valence-corrected chi connectivity index (χ3v) is 4.71. The first kappa shape index (κ1) is 16.2. The average molecular weight is 297 g/mol. The van der Waals surface area contributed by atoms with Gasteiger partial charge in [0.25, 0.3) is 0 Å². The van der Waals surface area contributed by atoms with Gasteiger partial charge in [-0.3, -0.25) is 9.59 Å². The van der Waals surface area contributed by atoms with Gasteiger partial charge < -0.3 is 20.3 Å². The van der Waals surface area contributed by atoms with Gasteiger partial charge in [-0.1, -0.05) is 0 Å². The van der Waals surface area contributed by atoms with E-state index >= 15 is 0 Å². The van der Waals surface area contributed by atoms with Crippen molar-refractivity contribution in [3.63, 3.8) is 0 Å². The van der Waals surface area contributed by atoms with Gasteiger partial charge in [-0.15, -0.1) is 0 Å². The van der Waals surface area contributed by atoms with Crippen molar-refractivity contribution < 1.29 is 14.3 Å². The van der Waals surface area contributed by atoms with E-state index in [2.05, 4.69) is 10.6 Å². The average Bonchev–Trinajstić information content (AvgIpc) is 2.96. The SMILES string of the molecule is COCC1(CNC(=O)C2CCCN2C(C)=O)CCNCC1. The fourth-order valence-electron chi connectivity index (χ4n) is 3.44. The Morgan fingerprint density at radius 1 is 1.38 bits per heavy atom. The highest BCUT2D eigenvalue weighted by atomic mass is 16.5. The van der Waals surface area contributed by atoms with Crippen LogP contribution in [0.1, 0.15) is 32.6 Å². The number of rotatable bonds is 5. The molecule has 2 aliphatic heterocycles. The number of carbonyl (C=O) groups excluding carboxylic acids is 2. The van der Waals surface area contributed by atoms with Crippen molar-refractivity contribution in [3.8, 4) is 0 Å². The molecule has 0 aromatic rings. The number of hydrogen-bond acceptors (Lipinski definition) is 4. The molecule has 2 N–H and O–H groups in total. The number of ether oxygens (including phenoxy) is 1. The van der Waals surface area contributed by atoms with E-state index in [0.717, 1.165) is 38.8 Å². The van der Waals surface area contributed by atoms with Gasteiger partial charge in [0.2, 0.25) is 11.8 Å². The normalized spacial score (nSPS) is 24.9. The van der Waals surface area contributed by atoms with Crippen LogP contribution >= 0.6 is 0 Å². The van der Waals surface area contributed by atoms with Crippen LogP contribution in [0.15, 0.2) is 0 Å². The van der Waals surface area contributed by atoms with E-state index < -0.39 is 0 Å². The molecular weight excluding hydrogens is 270 g/mol.